The lowest BCUT2D eigenvalue weighted by Crippen LogP contribution is -2.11. The van der Waals surface area contributed by atoms with Crippen LogP contribution in [-0.2, 0) is 0 Å². The summed E-state index contributed by atoms with van der Waals surface area (Å²) in [6.07, 6.45) is 0. The molecule has 0 radical (unpaired) electrons. The molecule has 2 heterocycles. The molecule has 1 aromatic carbocycles. The molecular formula is C13H10N4O2S2. The normalized spacial score (nSPS) is 12.2. The van der Waals surface area contributed by atoms with E-state index in [4.69, 9.17) is 5.73 Å². The summed E-state index contributed by atoms with van der Waals surface area (Å²) in [7, 11) is 0. The lowest BCUT2D eigenvalue weighted by Gasteiger charge is -2.06. The monoisotopic (exact) mass is 318 g/mol. The molecule has 3 rings (SSSR count). The second-order valence-electron chi connectivity index (χ2n) is 4.23. The van der Waals surface area contributed by atoms with Gasteiger partial charge in [-0.1, -0.05) is 53.0 Å². The largest absolute Gasteiger partial charge is 0.324 e. The minimum absolute atomic E-state index is 0.0918. The summed E-state index contributed by atoms with van der Waals surface area (Å²) < 4.78 is 0. The molecule has 6 nitrogen and oxygen atoms in total. The molecule has 21 heavy (non-hydrogen) atoms. The van der Waals surface area contributed by atoms with Crippen molar-refractivity contribution in [2.24, 2.45) is 5.73 Å². The van der Waals surface area contributed by atoms with Crippen molar-refractivity contribution in [1.29, 1.82) is 0 Å². The van der Waals surface area contributed by atoms with Crippen LogP contribution in [-0.4, -0.2) is 15.1 Å². The molecule has 0 aliphatic heterocycles. The van der Waals surface area contributed by atoms with Crippen LogP contribution in [0.15, 0.2) is 42.5 Å². The van der Waals surface area contributed by atoms with Crippen LogP contribution in [0, 0.1) is 10.1 Å². The summed E-state index contributed by atoms with van der Waals surface area (Å²) in [6, 6.07) is 12.4. The van der Waals surface area contributed by atoms with Gasteiger partial charge < -0.3 is 5.73 Å². The van der Waals surface area contributed by atoms with Crippen LogP contribution in [0.4, 0.5) is 5.00 Å². The van der Waals surface area contributed by atoms with Crippen molar-refractivity contribution in [1.82, 2.24) is 10.2 Å². The minimum Gasteiger partial charge on any atom is -0.318 e. The molecule has 0 spiro atoms. The van der Waals surface area contributed by atoms with E-state index in [1.54, 1.807) is 6.07 Å². The smallest absolute Gasteiger partial charge is 0.318 e. The van der Waals surface area contributed by atoms with E-state index in [1.807, 2.05) is 30.3 Å². The summed E-state index contributed by atoms with van der Waals surface area (Å²) >= 11 is 2.44. The number of rotatable bonds is 4. The van der Waals surface area contributed by atoms with Gasteiger partial charge in [-0.2, -0.15) is 0 Å². The molecule has 0 saturated heterocycles. The molecule has 3 aromatic rings. The van der Waals surface area contributed by atoms with E-state index < -0.39 is 4.92 Å². The van der Waals surface area contributed by atoms with E-state index in [0.717, 1.165) is 21.8 Å². The Kier molecular flexibility index (Phi) is 3.74. The summed E-state index contributed by atoms with van der Waals surface area (Å²) in [5.41, 5.74) is 7.12. The first-order valence-electron chi connectivity index (χ1n) is 6.03. The van der Waals surface area contributed by atoms with Gasteiger partial charge in [-0.05, 0) is 11.6 Å². The highest BCUT2D eigenvalue weighted by molar-refractivity contribution is 7.23. The van der Waals surface area contributed by atoms with Gasteiger partial charge in [0.2, 0.25) is 0 Å². The number of thiophene rings is 1. The summed E-state index contributed by atoms with van der Waals surface area (Å²) in [4.78, 5) is 11.0. The predicted molar refractivity (Wildman–Crippen MR) is 82.3 cm³/mol. The Labute approximate surface area is 128 Å². The molecule has 1 unspecified atom stereocenters. The topological polar surface area (TPSA) is 94.9 Å². The van der Waals surface area contributed by atoms with Crippen molar-refractivity contribution in [3.8, 4) is 9.88 Å². The molecule has 0 bridgehead atoms. The maximum absolute atomic E-state index is 10.7. The Bertz CT molecular complexity index is 769. The third-order valence-electron chi connectivity index (χ3n) is 2.85. The molecule has 106 valence electrons. The van der Waals surface area contributed by atoms with Crippen LogP contribution < -0.4 is 5.73 Å². The average molecular weight is 318 g/mol. The second-order valence-corrected chi connectivity index (χ2v) is 6.30. The number of nitrogens with two attached hydrogens (primary N) is 1. The lowest BCUT2D eigenvalue weighted by molar-refractivity contribution is -0.380. The standard InChI is InChI=1S/C13H10N4O2S2/c14-11(8-4-2-1-3-5-8)13-16-15-12(21-13)9-6-7-10(20-9)17(18)19/h1-7,11H,14H2. The van der Waals surface area contributed by atoms with Crippen molar-refractivity contribution in [2.45, 2.75) is 6.04 Å². The molecule has 0 saturated carbocycles. The summed E-state index contributed by atoms with van der Waals surface area (Å²) in [5.74, 6) is 0. The molecular weight excluding hydrogens is 308 g/mol. The Hall–Kier alpha value is -2.16. The van der Waals surface area contributed by atoms with Crippen LogP contribution >= 0.6 is 22.7 Å². The molecule has 8 heteroatoms. The predicted octanol–water partition coefficient (Wildman–Crippen LogP) is 3.22. The van der Waals surface area contributed by atoms with Gasteiger partial charge in [-0.3, -0.25) is 10.1 Å². The Balaban J connectivity index is 1.87. The van der Waals surface area contributed by atoms with E-state index in [2.05, 4.69) is 10.2 Å². The number of hydrogen-bond acceptors (Lipinski definition) is 7. The van der Waals surface area contributed by atoms with Crippen molar-refractivity contribution >= 4 is 27.7 Å². The maximum Gasteiger partial charge on any atom is 0.324 e. The quantitative estimate of drug-likeness (QED) is 0.588. The number of nitrogens with zero attached hydrogens (tertiary/aromatic N) is 3. The first-order valence-corrected chi connectivity index (χ1v) is 7.67. The van der Waals surface area contributed by atoms with Crippen LogP contribution in [0.3, 0.4) is 0 Å². The highest BCUT2D eigenvalue weighted by Gasteiger charge is 2.18. The summed E-state index contributed by atoms with van der Waals surface area (Å²) in [5, 5.41) is 20.3. The van der Waals surface area contributed by atoms with Crippen LogP contribution in [0.1, 0.15) is 16.6 Å². The van der Waals surface area contributed by atoms with Crippen LogP contribution in [0.2, 0.25) is 0 Å². The van der Waals surface area contributed by atoms with Crippen molar-refractivity contribution in [3.63, 3.8) is 0 Å². The van der Waals surface area contributed by atoms with Gasteiger partial charge >= 0.3 is 5.00 Å². The van der Waals surface area contributed by atoms with Gasteiger partial charge in [0, 0.05) is 6.07 Å². The molecule has 0 amide bonds. The lowest BCUT2D eigenvalue weighted by atomic mass is 10.1. The fraction of sp³-hybridized carbons (Fsp3) is 0.0769. The minimum atomic E-state index is -0.411. The Morgan fingerprint density at radius 2 is 1.86 bits per heavy atom. The van der Waals surface area contributed by atoms with E-state index in [-0.39, 0.29) is 11.0 Å². The molecule has 0 aliphatic rings. The Morgan fingerprint density at radius 3 is 2.52 bits per heavy atom. The molecule has 1 atom stereocenters. The van der Waals surface area contributed by atoms with Crippen molar-refractivity contribution in [3.05, 3.63) is 63.1 Å². The first kappa shape index (κ1) is 13.8. The zero-order valence-corrected chi connectivity index (χ0v) is 12.3. The third-order valence-corrected chi connectivity index (χ3v) is 5.06. The highest BCUT2D eigenvalue weighted by atomic mass is 32.1. The van der Waals surface area contributed by atoms with E-state index in [0.29, 0.717) is 10.0 Å². The van der Waals surface area contributed by atoms with Gasteiger partial charge in [0.15, 0.2) is 5.01 Å². The molecule has 2 N–H and O–H groups in total. The zero-order chi connectivity index (χ0) is 14.8. The third kappa shape index (κ3) is 2.82. The molecule has 0 fully saturated rings. The first-order chi connectivity index (χ1) is 10.1. The van der Waals surface area contributed by atoms with Gasteiger partial charge in [0.05, 0.1) is 15.8 Å². The van der Waals surface area contributed by atoms with E-state index >= 15 is 0 Å². The van der Waals surface area contributed by atoms with E-state index in [9.17, 15) is 10.1 Å². The van der Waals surface area contributed by atoms with Crippen molar-refractivity contribution in [2.75, 3.05) is 0 Å². The molecule has 0 aliphatic carbocycles. The van der Waals surface area contributed by atoms with Crippen LogP contribution in [0.25, 0.3) is 9.88 Å². The van der Waals surface area contributed by atoms with Gasteiger partial charge in [-0.15, -0.1) is 10.2 Å². The van der Waals surface area contributed by atoms with Crippen molar-refractivity contribution < 1.29 is 4.92 Å². The van der Waals surface area contributed by atoms with Crippen LogP contribution in [0.5, 0.6) is 0 Å². The van der Waals surface area contributed by atoms with Gasteiger partial charge in [0.1, 0.15) is 5.01 Å². The summed E-state index contributed by atoms with van der Waals surface area (Å²) in [6.45, 7) is 0. The zero-order valence-electron chi connectivity index (χ0n) is 10.7. The maximum atomic E-state index is 10.7. The SMILES string of the molecule is NC(c1ccccc1)c1nnc(-c2ccc([N+](=O)[O-])s2)s1. The average Bonchev–Trinajstić information content (AvgIpc) is 3.16. The number of benzene rings is 1. The van der Waals surface area contributed by atoms with E-state index in [1.165, 1.54) is 17.4 Å². The Morgan fingerprint density at radius 1 is 1.10 bits per heavy atom. The number of nitro groups is 1. The highest BCUT2D eigenvalue weighted by Crippen LogP contribution is 2.35. The van der Waals surface area contributed by atoms with Gasteiger partial charge in [0.25, 0.3) is 0 Å². The fourth-order valence-electron chi connectivity index (χ4n) is 1.80. The van der Waals surface area contributed by atoms with Gasteiger partial charge in [-0.25, -0.2) is 0 Å². The molecule has 2 aromatic heterocycles. The second kappa shape index (κ2) is 5.68. The number of aromatic nitrogens is 2. The number of hydrogen-bond donors (Lipinski definition) is 1. The fourth-order valence-corrected chi connectivity index (χ4v) is 3.55.